The molecule has 1 saturated carbocycles. The molecule has 1 aromatic rings. The van der Waals surface area contributed by atoms with Gasteiger partial charge in [-0.05, 0) is 17.5 Å². The Morgan fingerprint density at radius 3 is 2.30 bits per heavy atom. The van der Waals surface area contributed by atoms with Gasteiger partial charge in [0.2, 0.25) is 11.8 Å². The van der Waals surface area contributed by atoms with Crippen molar-refractivity contribution in [2.75, 3.05) is 6.54 Å². The van der Waals surface area contributed by atoms with E-state index in [9.17, 15) is 18.8 Å². The molecule has 2 unspecified atom stereocenters. The molecule has 5 heteroatoms. The number of rotatable bonds is 3. The van der Waals surface area contributed by atoms with Crippen LogP contribution in [0.2, 0.25) is 0 Å². The number of carbonyl (C=O) groups is 3. The summed E-state index contributed by atoms with van der Waals surface area (Å²) in [7, 11) is 0. The summed E-state index contributed by atoms with van der Waals surface area (Å²) in [5, 5.41) is 0. The molecule has 3 rings (SSSR count). The van der Waals surface area contributed by atoms with Crippen LogP contribution in [0.5, 0.6) is 0 Å². The zero-order valence-electron chi connectivity index (χ0n) is 11.2. The molecule has 1 aromatic carbocycles. The standard InChI is InChI=1S/C15H14FNO3/c1-15(2)11-12(15)14(20)17(13(11)19)7-10(18)8-5-3-4-6-9(8)16/h3-6,11-12H,7H2,1-2H3. The third kappa shape index (κ3) is 1.62. The number of benzene rings is 1. The van der Waals surface area contributed by atoms with Gasteiger partial charge in [-0.25, -0.2) is 4.39 Å². The van der Waals surface area contributed by atoms with Gasteiger partial charge in [-0.15, -0.1) is 0 Å². The van der Waals surface area contributed by atoms with Crippen LogP contribution in [0.4, 0.5) is 4.39 Å². The Morgan fingerprint density at radius 1 is 1.20 bits per heavy atom. The molecule has 2 amide bonds. The minimum atomic E-state index is -0.637. The fourth-order valence-electron chi connectivity index (χ4n) is 3.08. The van der Waals surface area contributed by atoms with Crippen molar-refractivity contribution in [3.05, 3.63) is 35.6 Å². The molecule has 0 N–H and O–H groups in total. The Kier molecular flexibility index (Phi) is 2.58. The lowest BCUT2D eigenvalue weighted by molar-refractivity contribution is -0.142. The fraction of sp³-hybridized carbons (Fsp3) is 0.400. The van der Waals surface area contributed by atoms with E-state index in [1.165, 1.54) is 18.2 Å². The van der Waals surface area contributed by atoms with Crippen LogP contribution in [0.25, 0.3) is 0 Å². The van der Waals surface area contributed by atoms with Crippen molar-refractivity contribution in [3.8, 4) is 0 Å². The van der Waals surface area contributed by atoms with E-state index < -0.39 is 11.6 Å². The first kappa shape index (κ1) is 13.0. The third-order valence-corrected chi connectivity index (χ3v) is 4.37. The van der Waals surface area contributed by atoms with Crippen LogP contribution in [-0.2, 0) is 9.59 Å². The van der Waals surface area contributed by atoms with Crippen LogP contribution >= 0.6 is 0 Å². The summed E-state index contributed by atoms with van der Waals surface area (Å²) in [6.07, 6.45) is 0. The second-order valence-corrected chi connectivity index (χ2v) is 5.94. The van der Waals surface area contributed by atoms with Crippen molar-refractivity contribution < 1.29 is 18.8 Å². The molecule has 2 aliphatic rings. The molecular formula is C15H14FNO3. The minimum absolute atomic E-state index is 0.0899. The average Bonchev–Trinajstić information content (AvgIpc) is 2.86. The summed E-state index contributed by atoms with van der Waals surface area (Å²) in [6.45, 7) is 3.37. The normalized spacial score (nSPS) is 26.6. The largest absolute Gasteiger partial charge is 0.292 e. The van der Waals surface area contributed by atoms with Crippen LogP contribution in [0.1, 0.15) is 24.2 Å². The maximum atomic E-state index is 13.5. The lowest BCUT2D eigenvalue weighted by Gasteiger charge is -2.19. The molecule has 2 fully saturated rings. The van der Waals surface area contributed by atoms with E-state index in [0.717, 1.165) is 4.90 Å². The summed E-state index contributed by atoms with van der Waals surface area (Å²) in [5.41, 5.74) is -0.390. The van der Waals surface area contributed by atoms with Crippen LogP contribution in [0.3, 0.4) is 0 Å². The number of carbonyl (C=O) groups excluding carboxylic acids is 3. The maximum absolute atomic E-state index is 13.5. The van der Waals surface area contributed by atoms with E-state index in [1.54, 1.807) is 6.07 Å². The zero-order chi connectivity index (χ0) is 14.7. The van der Waals surface area contributed by atoms with Crippen molar-refractivity contribution in [1.82, 2.24) is 4.90 Å². The number of halogens is 1. The Bertz CT molecular complexity index is 614. The predicted molar refractivity (Wildman–Crippen MR) is 68.2 cm³/mol. The Hall–Kier alpha value is -2.04. The van der Waals surface area contributed by atoms with Crippen molar-refractivity contribution in [2.45, 2.75) is 13.8 Å². The highest BCUT2D eigenvalue weighted by atomic mass is 19.1. The van der Waals surface area contributed by atoms with Crippen LogP contribution < -0.4 is 0 Å². The van der Waals surface area contributed by atoms with E-state index in [4.69, 9.17) is 0 Å². The molecular weight excluding hydrogens is 261 g/mol. The van der Waals surface area contributed by atoms with Gasteiger partial charge in [0, 0.05) is 0 Å². The highest BCUT2D eigenvalue weighted by molar-refractivity contribution is 6.13. The molecule has 0 radical (unpaired) electrons. The average molecular weight is 275 g/mol. The molecule has 0 spiro atoms. The number of Topliss-reactive ketones (excluding diaryl/α,β-unsaturated/α-hetero) is 1. The van der Waals surface area contributed by atoms with Crippen molar-refractivity contribution >= 4 is 17.6 Å². The second-order valence-electron chi connectivity index (χ2n) is 5.94. The van der Waals surface area contributed by atoms with Gasteiger partial charge < -0.3 is 0 Å². The number of imide groups is 1. The lowest BCUT2D eigenvalue weighted by Crippen LogP contribution is -2.40. The molecule has 4 nitrogen and oxygen atoms in total. The Balaban J connectivity index is 1.78. The monoisotopic (exact) mass is 275 g/mol. The smallest absolute Gasteiger partial charge is 0.234 e. The van der Waals surface area contributed by atoms with Gasteiger partial charge in [0.15, 0.2) is 5.78 Å². The van der Waals surface area contributed by atoms with Crippen LogP contribution in [-0.4, -0.2) is 29.0 Å². The van der Waals surface area contributed by atoms with Gasteiger partial charge in [-0.3, -0.25) is 19.3 Å². The number of hydrogen-bond acceptors (Lipinski definition) is 3. The first-order chi connectivity index (χ1) is 9.35. The van der Waals surface area contributed by atoms with Gasteiger partial charge in [0.1, 0.15) is 5.82 Å². The maximum Gasteiger partial charge on any atom is 0.234 e. The highest BCUT2D eigenvalue weighted by Gasteiger charge is 2.72. The first-order valence-corrected chi connectivity index (χ1v) is 6.48. The number of likely N-dealkylation sites (tertiary alicyclic amines) is 1. The fourth-order valence-corrected chi connectivity index (χ4v) is 3.08. The molecule has 0 bridgehead atoms. The minimum Gasteiger partial charge on any atom is -0.292 e. The molecule has 104 valence electrons. The number of hydrogen-bond donors (Lipinski definition) is 0. The van der Waals surface area contributed by atoms with Gasteiger partial charge in [0.25, 0.3) is 0 Å². The second kappa shape index (κ2) is 3.98. The molecule has 1 aliphatic carbocycles. The first-order valence-electron chi connectivity index (χ1n) is 6.48. The molecule has 1 heterocycles. The van der Waals surface area contributed by atoms with Gasteiger partial charge >= 0.3 is 0 Å². The lowest BCUT2D eigenvalue weighted by atomic mass is 10.0. The van der Waals surface area contributed by atoms with E-state index >= 15 is 0 Å². The number of nitrogens with zero attached hydrogens (tertiary/aromatic N) is 1. The number of piperidine rings is 1. The molecule has 2 atom stereocenters. The SMILES string of the molecule is CC1(C)C2C(=O)N(CC(=O)c3ccccc3F)C(=O)C21. The number of amides is 2. The van der Waals surface area contributed by atoms with Gasteiger partial charge in [-0.2, -0.15) is 0 Å². The van der Waals surface area contributed by atoms with Crippen molar-refractivity contribution in [1.29, 1.82) is 0 Å². The van der Waals surface area contributed by atoms with Crippen LogP contribution in [0.15, 0.2) is 24.3 Å². The van der Waals surface area contributed by atoms with E-state index in [-0.39, 0.29) is 41.2 Å². The van der Waals surface area contributed by atoms with Gasteiger partial charge in [0.05, 0.1) is 23.9 Å². The van der Waals surface area contributed by atoms with E-state index in [2.05, 4.69) is 0 Å². The number of fused-ring (bicyclic) bond motifs is 1. The third-order valence-electron chi connectivity index (χ3n) is 4.37. The van der Waals surface area contributed by atoms with E-state index in [0.29, 0.717) is 0 Å². The molecule has 1 aliphatic heterocycles. The molecule has 0 aromatic heterocycles. The topological polar surface area (TPSA) is 54.5 Å². The van der Waals surface area contributed by atoms with Crippen molar-refractivity contribution in [3.63, 3.8) is 0 Å². The van der Waals surface area contributed by atoms with Gasteiger partial charge in [-0.1, -0.05) is 26.0 Å². The van der Waals surface area contributed by atoms with E-state index in [1.807, 2.05) is 13.8 Å². The molecule has 20 heavy (non-hydrogen) atoms. The highest BCUT2D eigenvalue weighted by Crippen LogP contribution is 2.63. The quantitative estimate of drug-likeness (QED) is 0.622. The summed E-state index contributed by atoms with van der Waals surface area (Å²) < 4.78 is 13.5. The summed E-state index contributed by atoms with van der Waals surface area (Å²) >= 11 is 0. The number of ketones is 1. The summed E-state index contributed by atoms with van der Waals surface area (Å²) in [4.78, 5) is 37.1. The predicted octanol–water partition coefficient (Wildman–Crippen LogP) is 1.65. The van der Waals surface area contributed by atoms with Crippen molar-refractivity contribution in [2.24, 2.45) is 17.3 Å². The van der Waals surface area contributed by atoms with Crippen LogP contribution in [0, 0.1) is 23.1 Å². The zero-order valence-corrected chi connectivity index (χ0v) is 11.2. The Labute approximate surface area is 115 Å². The molecule has 1 saturated heterocycles. The summed E-state index contributed by atoms with van der Waals surface area (Å²) in [6, 6.07) is 5.56. The Morgan fingerprint density at radius 2 is 1.75 bits per heavy atom. The summed E-state index contributed by atoms with van der Waals surface area (Å²) in [5.74, 6) is -2.44.